The predicted octanol–water partition coefficient (Wildman–Crippen LogP) is 10.6. The van der Waals surface area contributed by atoms with Gasteiger partial charge in [-0.3, -0.25) is 0 Å². The second-order valence-electron chi connectivity index (χ2n) is 17.7. The van der Waals surface area contributed by atoms with Gasteiger partial charge >= 0.3 is 24.1 Å². The van der Waals surface area contributed by atoms with Crippen molar-refractivity contribution in [2.45, 2.75) is 103 Å². The van der Waals surface area contributed by atoms with Crippen molar-refractivity contribution in [1.82, 2.24) is 9.80 Å². The van der Waals surface area contributed by atoms with Gasteiger partial charge in [-0.15, -0.1) is 0 Å². The summed E-state index contributed by atoms with van der Waals surface area (Å²) in [6.45, 7) is 14.0. The number of benzene rings is 4. The monoisotopic (exact) mass is 996 g/mol. The maximum Gasteiger partial charge on any atom is 0.410 e. The Bertz CT molecular complexity index is 2240. The van der Waals surface area contributed by atoms with E-state index in [1.54, 1.807) is 21.9 Å². The van der Waals surface area contributed by atoms with Gasteiger partial charge < -0.3 is 49.3 Å². The summed E-state index contributed by atoms with van der Waals surface area (Å²) >= 11 is 3.13. The second kappa shape index (κ2) is 25.1. The highest BCUT2D eigenvalue weighted by Gasteiger charge is 2.29. The molecule has 0 aromatic heterocycles. The molecule has 17 heteroatoms. The number of nitrogens with zero attached hydrogens (tertiary/aromatic N) is 2. The van der Waals surface area contributed by atoms with Gasteiger partial charge in [0.05, 0.1) is 25.3 Å². The Morgan fingerprint density at radius 3 is 1.37 bits per heavy atom. The Morgan fingerprint density at radius 2 is 1.01 bits per heavy atom. The number of halogens is 3. The number of nitrogen functional groups attached to an aromatic ring is 1. The highest BCUT2D eigenvalue weighted by atomic mass is 79.9. The molecule has 0 atom stereocenters. The van der Waals surface area contributed by atoms with Crippen LogP contribution in [0.2, 0.25) is 0 Å². The van der Waals surface area contributed by atoms with Gasteiger partial charge in [0.15, 0.2) is 0 Å². The third-order valence-electron chi connectivity index (χ3n) is 10.1. The van der Waals surface area contributed by atoms with Crippen LogP contribution in [0.3, 0.4) is 0 Å². The highest BCUT2D eigenvalue weighted by molar-refractivity contribution is 9.08. The average Bonchev–Trinajstić information content (AvgIpc) is 3.29. The molecule has 3 N–H and O–H groups in total. The zero-order chi connectivity index (χ0) is 49.3. The number of hydrogen-bond acceptors (Lipinski definition) is 12. The molecule has 67 heavy (non-hydrogen) atoms. The highest BCUT2D eigenvalue weighted by Crippen LogP contribution is 2.25. The molecule has 4 aromatic rings. The molecule has 0 bridgehead atoms. The van der Waals surface area contributed by atoms with E-state index >= 15 is 0 Å². The molecule has 2 heterocycles. The van der Waals surface area contributed by atoms with Gasteiger partial charge in [0.1, 0.15) is 46.5 Å². The number of nitrogens with two attached hydrogens (primary N) is 1. The number of carbonyl (C=O) groups is 4. The second-order valence-corrected chi connectivity index (χ2v) is 18.3. The number of carbonyl (C=O) groups excluding carboxylic acids is 4. The summed E-state index contributed by atoms with van der Waals surface area (Å²) in [6, 6.07) is 23.4. The van der Waals surface area contributed by atoms with Crippen LogP contribution in [0.1, 0.15) is 99.1 Å². The van der Waals surface area contributed by atoms with E-state index in [1.807, 2.05) is 90.1 Å². The van der Waals surface area contributed by atoms with Crippen molar-refractivity contribution in [2.75, 3.05) is 51.4 Å². The molecule has 0 unspecified atom stereocenters. The number of alkyl halides is 1. The first-order chi connectivity index (χ1) is 31.7. The maximum atomic E-state index is 14.2. The van der Waals surface area contributed by atoms with Crippen molar-refractivity contribution in [3.8, 4) is 11.5 Å². The topological polar surface area (TPSA) is 168 Å². The summed E-state index contributed by atoms with van der Waals surface area (Å²) in [7, 11) is 2.52. The normalized spacial score (nSPS) is 14.3. The summed E-state index contributed by atoms with van der Waals surface area (Å²) in [5, 5.41) is 3.59. The molecule has 6 rings (SSSR count). The number of anilines is 2. The summed E-state index contributed by atoms with van der Waals surface area (Å²) in [4.78, 5) is 50.1. The number of esters is 2. The van der Waals surface area contributed by atoms with Gasteiger partial charge in [-0.1, -0.05) is 28.1 Å². The smallest absolute Gasteiger partial charge is 0.410 e. The lowest BCUT2D eigenvalue weighted by Crippen LogP contribution is -2.44. The van der Waals surface area contributed by atoms with Crippen molar-refractivity contribution in [3.63, 3.8) is 0 Å². The number of likely N-dealkylation sites (tertiary alicyclic amines) is 2. The summed E-state index contributed by atoms with van der Waals surface area (Å²) in [5.74, 6) is -0.410. The first-order valence-electron chi connectivity index (χ1n) is 21.9. The number of piperidine rings is 2. The van der Waals surface area contributed by atoms with Crippen molar-refractivity contribution in [1.29, 1.82) is 0 Å². The molecule has 2 fully saturated rings. The Morgan fingerprint density at radius 1 is 0.627 bits per heavy atom. The molecule has 0 spiro atoms. The van der Waals surface area contributed by atoms with Crippen LogP contribution in [0.5, 0.6) is 11.5 Å². The molecule has 4 aromatic carbocycles. The van der Waals surface area contributed by atoms with Crippen LogP contribution in [-0.2, 0) is 30.8 Å². The molecule has 364 valence electrons. The zero-order valence-corrected chi connectivity index (χ0v) is 41.1. The third kappa shape index (κ3) is 18.2. The number of nitrogens with one attached hydrogen (secondary N) is 1. The first-order valence-corrected chi connectivity index (χ1v) is 23.1. The minimum atomic E-state index is -0.570. The van der Waals surface area contributed by atoms with E-state index in [2.05, 4.69) is 30.7 Å². The molecule has 2 aliphatic rings. The van der Waals surface area contributed by atoms with E-state index in [0.29, 0.717) is 42.6 Å². The van der Waals surface area contributed by atoms with Crippen molar-refractivity contribution in [2.24, 2.45) is 0 Å². The molecule has 2 saturated heterocycles. The molecule has 0 radical (unpaired) electrons. The van der Waals surface area contributed by atoms with Crippen LogP contribution in [0.15, 0.2) is 84.9 Å². The fourth-order valence-corrected chi connectivity index (χ4v) is 7.04. The van der Waals surface area contributed by atoms with Gasteiger partial charge in [-0.05, 0) is 120 Å². The van der Waals surface area contributed by atoms with Crippen LogP contribution >= 0.6 is 15.9 Å². The van der Waals surface area contributed by atoms with Gasteiger partial charge in [-0.2, -0.15) is 0 Å². The number of methoxy groups -OCH3 is 2. The van der Waals surface area contributed by atoms with E-state index in [4.69, 9.17) is 24.7 Å². The lowest BCUT2D eigenvalue weighted by molar-refractivity contribution is 0.0115. The fraction of sp³-hybridized carbons (Fsp3) is 0.440. The molecule has 0 saturated carbocycles. The Balaban J connectivity index is 0.000000245. The van der Waals surface area contributed by atoms with Crippen molar-refractivity contribution in [3.05, 3.63) is 119 Å². The summed E-state index contributed by atoms with van der Waals surface area (Å²) in [5.41, 5.74) is 7.61. The van der Waals surface area contributed by atoms with E-state index in [0.717, 1.165) is 48.6 Å². The van der Waals surface area contributed by atoms with Crippen molar-refractivity contribution < 1.29 is 56.4 Å². The molecular weight excluding hydrogens is 934 g/mol. The molecule has 14 nitrogen and oxygen atoms in total. The first kappa shape index (κ1) is 53.5. The van der Waals surface area contributed by atoms with Crippen LogP contribution in [0.25, 0.3) is 0 Å². The molecular formula is C50H63BrF2N4O10. The molecule has 2 aliphatic heterocycles. The van der Waals surface area contributed by atoms with E-state index in [1.165, 1.54) is 38.5 Å². The summed E-state index contributed by atoms with van der Waals surface area (Å²) < 4.78 is 59.2. The minimum Gasteiger partial charge on any atom is -0.490 e. The SMILES string of the molecule is CC(C)(C)OC(=O)N1CCC(Oc2ccc(N)cc2)CC1.COC(=O)c1ccc(CBr)c(F)c1.COC(=O)c1ccc(CNc2ccc(OC3CCN(C(=O)OC(C)(C)C)CC3)cc2)c(F)c1. The van der Waals surface area contributed by atoms with Gasteiger partial charge in [0, 0.05) is 80.7 Å². The third-order valence-corrected chi connectivity index (χ3v) is 10.7. The van der Waals surface area contributed by atoms with Crippen LogP contribution in [0.4, 0.5) is 29.7 Å². The number of hydrogen-bond donors (Lipinski definition) is 2. The van der Waals surface area contributed by atoms with Gasteiger partial charge in [0.25, 0.3) is 0 Å². The number of amides is 2. The number of ether oxygens (including phenoxy) is 6. The average molecular weight is 998 g/mol. The number of rotatable bonds is 10. The zero-order valence-electron chi connectivity index (χ0n) is 39.5. The lowest BCUT2D eigenvalue weighted by Gasteiger charge is -2.33. The quantitative estimate of drug-likeness (QED) is 0.0669. The molecule has 0 aliphatic carbocycles. The van der Waals surface area contributed by atoms with Gasteiger partial charge in [-0.25, -0.2) is 28.0 Å². The maximum absolute atomic E-state index is 14.2. The Labute approximate surface area is 400 Å². The Kier molecular flexibility index (Phi) is 20.1. The molecule has 2 amide bonds. The van der Waals surface area contributed by atoms with Crippen LogP contribution < -0.4 is 20.5 Å². The summed E-state index contributed by atoms with van der Waals surface area (Å²) in [6.07, 6.45) is 2.73. The van der Waals surface area contributed by atoms with Crippen molar-refractivity contribution >= 4 is 51.4 Å². The van der Waals surface area contributed by atoms with Crippen LogP contribution in [-0.4, -0.2) is 97.7 Å². The fourth-order valence-electron chi connectivity index (χ4n) is 6.58. The van der Waals surface area contributed by atoms with E-state index in [9.17, 15) is 28.0 Å². The largest absolute Gasteiger partial charge is 0.490 e. The van der Waals surface area contributed by atoms with E-state index < -0.39 is 34.8 Å². The lowest BCUT2D eigenvalue weighted by atomic mass is 10.1. The van der Waals surface area contributed by atoms with Gasteiger partial charge in [0.2, 0.25) is 0 Å². The Hall–Kier alpha value is -6.10. The minimum absolute atomic E-state index is 0.0323. The van der Waals surface area contributed by atoms with E-state index in [-0.39, 0.29) is 42.1 Å². The van der Waals surface area contributed by atoms with Crippen LogP contribution in [0, 0.1) is 11.6 Å². The predicted molar refractivity (Wildman–Crippen MR) is 256 cm³/mol. The standard InChI is InChI=1S/C25H31FN2O5.C16H24N2O3.C9H8BrFO2/c1-25(2,3)33-24(30)28-13-11-21(12-14-28)32-20-9-7-19(8-10-20)27-16-18-6-5-17(15-22(18)26)23(29)31-4;1-16(2,3)21-15(19)18-10-8-14(9-11-18)20-13-6-4-12(17)5-7-13;1-13-9(12)6-2-3-7(5-10)8(11)4-6/h5-10,15,21,27H,11-14,16H2,1-4H3;4-7,14H,8-11,17H2,1-3H3;2-4H,5H2,1H3.